The molecule has 0 amide bonds. The van der Waals surface area contributed by atoms with Crippen molar-refractivity contribution < 1.29 is 14.1 Å². The number of nitro benzene ring substituents is 1. The summed E-state index contributed by atoms with van der Waals surface area (Å²) in [5.41, 5.74) is 0.414. The molecule has 0 fully saturated rings. The highest BCUT2D eigenvalue weighted by molar-refractivity contribution is 9.10. The predicted octanol–water partition coefficient (Wildman–Crippen LogP) is 5.18. The molecule has 0 saturated heterocycles. The number of halogens is 3. The van der Waals surface area contributed by atoms with Crippen LogP contribution in [0.5, 0.6) is 11.5 Å². The van der Waals surface area contributed by atoms with Crippen LogP contribution in [0.15, 0.2) is 40.9 Å². The topological polar surface area (TPSA) is 52.4 Å². The largest absolute Gasteiger partial charge is 0.450 e. The van der Waals surface area contributed by atoms with Crippen LogP contribution in [0, 0.1) is 15.9 Å². The molecule has 0 aromatic heterocycles. The number of hydrogen-bond donors (Lipinski definition) is 0. The molecule has 0 heterocycles. The summed E-state index contributed by atoms with van der Waals surface area (Å²) in [4.78, 5) is 10.2. The van der Waals surface area contributed by atoms with Crippen molar-refractivity contribution in [1.29, 1.82) is 0 Å². The molecule has 0 unspecified atom stereocenters. The third-order valence-corrected chi connectivity index (χ3v) is 3.61. The summed E-state index contributed by atoms with van der Waals surface area (Å²) >= 11 is 6.62. The van der Waals surface area contributed by atoms with E-state index in [2.05, 4.69) is 31.9 Å². The zero-order valence-corrected chi connectivity index (χ0v) is 13.1. The van der Waals surface area contributed by atoms with Crippen LogP contribution in [0.25, 0.3) is 0 Å². The number of rotatable bonds is 4. The molecule has 0 aliphatic carbocycles. The van der Waals surface area contributed by atoms with Gasteiger partial charge in [-0.1, -0.05) is 37.9 Å². The summed E-state index contributed by atoms with van der Waals surface area (Å²) < 4.78 is 19.4. The molecule has 0 bridgehead atoms. The number of nitrogens with zero attached hydrogens (tertiary/aromatic N) is 1. The van der Waals surface area contributed by atoms with Gasteiger partial charge in [0.25, 0.3) is 0 Å². The van der Waals surface area contributed by atoms with E-state index in [-0.39, 0.29) is 5.75 Å². The lowest BCUT2D eigenvalue weighted by molar-refractivity contribution is -0.385. The standard InChI is InChI=1S/C13H8Br2FNO3/c14-7-8-1-2-9(15)5-13(8)20-12-4-3-10(16)6-11(12)17(18)19/h1-6H,7H2. The van der Waals surface area contributed by atoms with Crippen LogP contribution in [0.3, 0.4) is 0 Å². The Kier molecular flexibility index (Phi) is 4.72. The van der Waals surface area contributed by atoms with Crippen LogP contribution >= 0.6 is 31.9 Å². The van der Waals surface area contributed by atoms with Crippen molar-refractivity contribution in [3.63, 3.8) is 0 Å². The van der Waals surface area contributed by atoms with E-state index < -0.39 is 16.4 Å². The molecule has 2 aromatic rings. The van der Waals surface area contributed by atoms with Crippen molar-refractivity contribution in [2.24, 2.45) is 0 Å². The average Bonchev–Trinajstić information content (AvgIpc) is 2.41. The molecule has 0 saturated carbocycles. The molecule has 0 N–H and O–H groups in total. The lowest BCUT2D eigenvalue weighted by Gasteiger charge is -2.10. The fourth-order valence-corrected chi connectivity index (χ4v) is 2.38. The number of benzene rings is 2. The normalized spacial score (nSPS) is 10.3. The highest BCUT2D eigenvalue weighted by Gasteiger charge is 2.18. The molecule has 0 aliphatic heterocycles. The summed E-state index contributed by atoms with van der Waals surface area (Å²) in [7, 11) is 0. The fourth-order valence-electron chi connectivity index (χ4n) is 1.57. The van der Waals surface area contributed by atoms with Crippen molar-refractivity contribution in [2.45, 2.75) is 5.33 Å². The number of nitro groups is 1. The molecular weight excluding hydrogens is 397 g/mol. The number of ether oxygens (including phenoxy) is 1. The van der Waals surface area contributed by atoms with Gasteiger partial charge in [0, 0.05) is 15.4 Å². The molecular formula is C13H8Br2FNO3. The van der Waals surface area contributed by atoms with Crippen molar-refractivity contribution in [3.05, 3.63) is 62.4 Å². The van der Waals surface area contributed by atoms with Gasteiger partial charge >= 0.3 is 5.69 Å². The van der Waals surface area contributed by atoms with Gasteiger partial charge in [-0.15, -0.1) is 0 Å². The number of alkyl halides is 1. The fraction of sp³-hybridized carbons (Fsp3) is 0.0769. The second-order valence-electron chi connectivity index (χ2n) is 3.86. The summed E-state index contributed by atoms with van der Waals surface area (Å²) in [6, 6.07) is 8.55. The Bertz CT molecular complexity index is 664. The maximum atomic E-state index is 13.1. The van der Waals surface area contributed by atoms with Crippen LogP contribution in [0.4, 0.5) is 10.1 Å². The van der Waals surface area contributed by atoms with Gasteiger partial charge in [-0.25, -0.2) is 4.39 Å². The van der Waals surface area contributed by atoms with E-state index >= 15 is 0 Å². The Balaban J connectivity index is 2.44. The average molecular weight is 405 g/mol. The highest BCUT2D eigenvalue weighted by Crippen LogP contribution is 2.35. The molecule has 0 aliphatic rings. The van der Waals surface area contributed by atoms with E-state index in [1.54, 1.807) is 6.07 Å². The molecule has 0 atom stereocenters. The van der Waals surface area contributed by atoms with E-state index in [4.69, 9.17) is 4.74 Å². The van der Waals surface area contributed by atoms with Gasteiger partial charge in [0.05, 0.1) is 11.0 Å². The second-order valence-corrected chi connectivity index (χ2v) is 5.33. The van der Waals surface area contributed by atoms with Gasteiger partial charge in [0.2, 0.25) is 5.75 Å². The molecule has 104 valence electrons. The number of hydrogen-bond acceptors (Lipinski definition) is 3. The van der Waals surface area contributed by atoms with Crippen LogP contribution in [0.1, 0.15) is 5.56 Å². The van der Waals surface area contributed by atoms with E-state index in [1.165, 1.54) is 6.07 Å². The van der Waals surface area contributed by atoms with Crippen molar-refractivity contribution in [3.8, 4) is 11.5 Å². The van der Waals surface area contributed by atoms with Crippen LogP contribution in [0.2, 0.25) is 0 Å². The summed E-state index contributed by atoms with van der Waals surface area (Å²) in [6.45, 7) is 0. The Morgan fingerprint density at radius 1 is 1.20 bits per heavy atom. The molecule has 4 nitrogen and oxygen atoms in total. The van der Waals surface area contributed by atoms with Gasteiger partial charge in [0.15, 0.2) is 0 Å². The Morgan fingerprint density at radius 3 is 2.60 bits per heavy atom. The molecule has 20 heavy (non-hydrogen) atoms. The minimum absolute atomic E-state index is 0.00306. The summed E-state index contributed by atoms with van der Waals surface area (Å²) in [5.74, 6) is -0.221. The predicted molar refractivity (Wildman–Crippen MR) is 79.9 cm³/mol. The van der Waals surface area contributed by atoms with Gasteiger partial charge < -0.3 is 4.74 Å². The van der Waals surface area contributed by atoms with E-state index in [1.807, 2.05) is 12.1 Å². The SMILES string of the molecule is O=[N+]([O-])c1cc(F)ccc1Oc1cc(Br)ccc1CBr. The minimum atomic E-state index is -0.681. The van der Waals surface area contributed by atoms with Gasteiger partial charge in [0.1, 0.15) is 11.6 Å². The third kappa shape index (κ3) is 3.34. The minimum Gasteiger partial charge on any atom is -0.450 e. The first kappa shape index (κ1) is 14.9. The molecule has 0 radical (unpaired) electrons. The first-order chi connectivity index (χ1) is 9.51. The first-order valence-corrected chi connectivity index (χ1v) is 7.39. The maximum Gasteiger partial charge on any atom is 0.314 e. The van der Waals surface area contributed by atoms with Crippen molar-refractivity contribution in [2.75, 3.05) is 0 Å². The lowest BCUT2D eigenvalue weighted by atomic mass is 10.2. The summed E-state index contributed by atoms with van der Waals surface area (Å²) in [5, 5.41) is 11.5. The quantitative estimate of drug-likeness (QED) is 0.400. The first-order valence-electron chi connectivity index (χ1n) is 5.47. The van der Waals surface area contributed by atoms with Crippen LogP contribution < -0.4 is 4.74 Å². The second kappa shape index (κ2) is 6.32. The van der Waals surface area contributed by atoms with Crippen LogP contribution in [-0.4, -0.2) is 4.92 Å². The zero-order chi connectivity index (χ0) is 14.7. The summed E-state index contributed by atoms with van der Waals surface area (Å²) in [6.07, 6.45) is 0. The molecule has 2 rings (SSSR count). The highest BCUT2D eigenvalue weighted by atomic mass is 79.9. The lowest BCUT2D eigenvalue weighted by Crippen LogP contribution is -1.96. The van der Waals surface area contributed by atoms with Crippen LogP contribution in [-0.2, 0) is 5.33 Å². The molecule has 2 aromatic carbocycles. The van der Waals surface area contributed by atoms with Gasteiger partial charge in [-0.05, 0) is 24.3 Å². The Labute approximate surface area is 131 Å². The molecule has 7 heteroatoms. The maximum absolute atomic E-state index is 13.1. The van der Waals surface area contributed by atoms with E-state index in [9.17, 15) is 14.5 Å². The van der Waals surface area contributed by atoms with Gasteiger partial charge in [-0.2, -0.15) is 0 Å². The third-order valence-electron chi connectivity index (χ3n) is 2.51. The Hall–Kier alpha value is -1.47. The smallest absolute Gasteiger partial charge is 0.314 e. The Morgan fingerprint density at radius 2 is 1.95 bits per heavy atom. The van der Waals surface area contributed by atoms with Crippen molar-refractivity contribution in [1.82, 2.24) is 0 Å². The zero-order valence-electron chi connectivity index (χ0n) is 9.98. The van der Waals surface area contributed by atoms with E-state index in [0.29, 0.717) is 11.1 Å². The molecule has 0 spiro atoms. The monoisotopic (exact) mass is 403 g/mol. The van der Waals surface area contributed by atoms with E-state index in [0.717, 1.165) is 22.2 Å². The van der Waals surface area contributed by atoms with Gasteiger partial charge in [-0.3, -0.25) is 10.1 Å². The van der Waals surface area contributed by atoms with Crippen molar-refractivity contribution >= 4 is 37.5 Å².